The summed E-state index contributed by atoms with van der Waals surface area (Å²) < 4.78 is 10.9. The fourth-order valence-corrected chi connectivity index (χ4v) is 2.58. The Morgan fingerprint density at radius 1 is 1.05 bits per heavy atom. The lowest BCUT2D eigenvalue weighted by Crippen LogP contribution is -2.00. The minimum Gasteiger partial charge on any atom is -0.495 e. The molecule has 21 heavy (non-hydrogen) atoms. The van der Waals surface area contributed by atoms with Gasteiger partial charge in [0.15, 0.2) is 11.0 Å². The second-order valence-corrected chi connectivity index (χ2v) is 5.26. The molecule has 0 aliphatic heterocycles. The lowest BCUT2D eigenvalue weighted by molar-refractivity contribution is 0.415. The highest BCUT2D eigenvalue weighted by molar-refractivity contribution is 6.34. The summed E-state index contributed by atoms with van der Waals surface area (Å²) in [7, 11) is 1.54. The van der Waals surface area contributed by atoms with E-state index < -0.39 is 0 Å². The molecule has 0 amide bonds. The summed E-state index contributed by atoms with van der Waals surface area (Å²) in [6.07, 6.45) is 0. The van der Waals surface area contributed by atoms with Gasteiger partial charge >= 0.3 is 0 Å². The van der Waals surface area contributed by atoms with Crippen molar-refractivity contribution in [3.05, 3.63) is 62.7 Å². The van der Waals surface area contributed by atoms with E-state index in [0.29, 0.717) is 38.1 Å². The van der Waals surface area contributed by atoms with E-state index >= 15 is 0 Å². The molecule has 106 valence electrons. The van der Waals surface area contributed by atoms with E-state index in [2.05, 4.69) is 0 Å². The van der Waals surface area contributed by atoms with Crippen LogP contribution in [-0.4, -0.2) is 7.11 Å². The Kier molecular flexibility index (Phi) is 3.62. The van der Waals surface area contributed by atoms with Crippen LogP contribution in [0.5, 0.6) is 5.75 Å². The van der Waals surface area contributed by atoms with E-state index in [1.165, 1.54) is 13.2 Å². The van der Waals surface area contributed by atoms with Crippen LogP contribution in [0.1, 0.15) is 0 Å². The van der Waals surface area contributed by atoms with Crippen molar-refractivity contribution in [1.29, 1.82) is 0 Å². The average Bonchev–Trinajstić information content (AvgIpc) is 2.48. The van der Waals surface area contributed by atoms with Crippen LogP contribution in [0.25, 0.3) is 22.3 Å². The number of methoxy groups -OCH3 is 1. The standard InChI is InChI=1S/C16H10Cl2O3/c1-20-14-6-5-9(7-12(14)18)15-8-13(19)10-3-2-4-11(17)16(10)21-15/h2-8H,1H3. The van der Waals surface area contributed by atoms with Gasteiger partial charge in [-0.15, -0.1) is 0 Å². The smallest absolute Gasteiger partial charge is 0.193 e. The van der Waals surface area contributed by atoms with Gasteiger partial charge in [0, 0.05) is 11.6 Å². The molecular formula is C16H10Cl2O3. The third-order valence-corrected chi connectivity index (χ3v) is 3.74. The minimum atomic E-state index is -0.152. The van der Waals surface area contributed by atoms with E-state index in [9.17, 15) is 4.79 Å². The van der Waals surface area contributed by atoms with Crippen molar-refractivity contribution in [2.75, 3.05) is 7.11 Å². The first-order valence-corrected chi connectivity index (χ1v) is 6.92. The lowest BCUT2D eigenvalue weighted by Gasteiger charge is -2.07. The predicted molar refractivity (Wildman–Crippen MR) is 84.5 cm³/mol. The minimum absolute atomic E-state index is 0.152. The number of benzene rings is 2. The first-order valence-electron chi connectivity index (χ1n) is 6.16. The van der Waals surface area contributed by atoms with E-state index in [1.54, 1.807) is 36.4 Å². The molecule has 3 rings (SSSR count). The van der Waals surface area contributed by atoms with Gasteiger partial charge in [-0.2, -0.15) is 0 Å². The Morgan fingerprint density at radius 3 is 2.57 bits per heavy atom. The van der Waals surface area contributed by atoms with E-state index in [1.807, 2.05) is 0 Å². The first-order chi connectivity index (χ1) is 10.1. The highest BCUT2D eigenvalue weighted by Gasteiger charge is 2.11. The summed E-state index contributed by atoms with van der Waals surface area (Å²) in [5.74, 6) is 0.965. The van der Waals surface area contributed by atoms with Gasteiger partial charge in [0.1, 0.15) is 11.5 Å². The van der Waals surface area contributed by atoms with Crippen molar-refractivity contribution >= 4 is 34.2 Å². The Balaban J connectivity index is 2.24. The maximum atomic E-state index is 12.2. The van der Waals surface area contributed by atoms with Gasteiger partial charge in [-0.05, 0) is 30.3 Å². The molecular weight excluding hydrogens is 311 g/mol. The predicted octanol–water partition coefficient (Wildman–Crippen LogP) is 4.78. The molecule has 0 fully saturated rings. The van der Waals surface area contributed by atoms with Gasteiger partial charge in [-0.1, -0.05) is 29.3 Å². The highest BCUT2D eigenvalue weighted by atomic mass is 35.5. The summed E-state index contributed by atoms with van der Waals surface area (Å²) in [4.78, 5) is 12.2. The summed E-state index contributed by atoms with van der Waals surface area (Å²) in [6, 6.07) is 11.7. The van der Waals surface area contributed by atoms with Crippen LogP contribution < -0.4 is 10.2 Å². The number of ether oxygens (including phenoxy) is 1. The summed E-state index contributed by atoms with van der Waals surface area (Å²) in [6.45, 7) is 0. The van der Waals surface area contributed by atoms with Crippen LogP contribution >= 0.6 is 23.2 Å². The van der Waals surface area contributed by atoms with Crippen LogP contribution in [-0.2, 0) is 0 Å². The number of para-hydroxylation sites is 1. The molecule has 1 aromatic heterocycles. The third kappa shape index (κ3) is 2.50. The molecule has 1 heterocycles. The molecule has 0 bridgehead atoms. The monoisotopic (exact) mass is 320 g/mol. The lowest BCUT2D eigenvalue weighted by atomic mass is 10.1. The second-order valence-electron chi connectivity index (χ2n) is 4.44. The van der Waals surface area contributed by atoms with Crippen molar-refractivity contribution < 1.29 is 9.15 Å². The van der Waals surface area contributed by atoms with Gasteiger partial charge < -0.3 is 9.15 Å². The zero-order chi connectivity index (χ0) is 15.0. The summed E-state index contributed by atoms with van der Waals surface area (Å²) in [5.41, 5.74) is 0.897. The van der Waals surface area contributed by atoms with Crippen LogP contribution in [0.4, 0.5) is 0 Å². The topological polar surface area (TPSA) is 39.4 Å². The fraction of sp³-hybridized carbons (Fsp3) is 0.0625. The molecule has 5 heteroatoms. The number of halogens is 2. The number of fused-ring (bicyclic) bond motifs is 1. The van der Waals surface area contributed by atoms with Crippen LogP contribution in [0.2, 0.25) is 10.0 Å². The van der Waals surface area contributed by atoms with Gasteiger partial charge in [-0.25, -0.2) is 0 Å². The van der Waals surface area contributed by atoms with Crippen molar-refractivity contribution in [2.45, 2.75) is 0 Å². The molecule has 0 aliphatic carbocycles. The molecule has 0 aliphatic rings. The molecule has 3 nitrogen and oxygen atoms in total. The van der Waals surface area contributed by atoms with Crippen molar-refractivity contribution in [3.8, 4) is 17.1 Å². The van der Waals surface area contributed by atoms with Gasteiger partial charge in [0.05, 0.1) is 22.5 Å². The second kappa shape index (κ2) is 5.43. The summed E-state index contributed by atoms with van der Waals surface area (Å²) >= 11 is 12.2. The van der Waals surface area contributed by atoms with Crippen LogP contribution in [0.15, 0.2) is 51.7 Å². The third-order valence-electron chi connectivity index (χ3n) is 3.14. The number of rotatable bonds is 2. The van der Waals surface area contributed by atoms with Crippen molar-refractivity contribution in [3.63, 3.8) is 0 Å². The molecule has 0 spiro atoms. The molecule has 0 saturated carbocycles. The quantitative estimate of drug-likeness (QED) is 0.682. The van der Waals surface area contributed by atoms with Gasteiger partial charge in [0.2, 0.25) is 0 Å². The fourth-order valence-electron chi connectivity index (χ4n) is 2.10. The maximum Gasteiger partial charge on any atom is 0.193 e. The first kappa shape index (κ1) is 14.0. The Morgan fingerprint density at radius 2 is 1.86 bits per heavy atom. The van der Waals surface area contributed by atoms with Crippen LogP contribution in [0, 0.1) is 0 Å². The molecule has 3 aromatic rings. The van der Waals surface area contributed by atoms with Crippen LogP contribution in [0.3, 0.4) is 0 Å². The van der Waals surface area contributed by atoms with Crippen molar-refractivity contribution in [1.82, 2.24) is 0 Å². The number of hydrogen-bond acceptors (Lipinski definition) is 3. The van der Waals surface area contributed by atoms with Gasteiger partial charge in [-0.3, -0.25) is 4.79 Å². The average molecular weight is 321 g/mol. The number of hydrogen-bond donors (Lipinski definition) is 0. The molecule has 0 unspecified atom stereocenters. The highest BCUT2D eigenvalue weighted by Crippen LogP contribution is 2.32. The molecule has 0 atom stereocenters. The Hall–Kier alpha value is -1.97. The molecule has 2 aromatic carbocycles. The van der Waals surface area contributed by atoms with E-state index in [4.69, 9.17) is 32.4 Å². The largest absolute Gasteiger partial charge is 0.495 e. The van der Waals surface area contributed by atoms with E-state index in [0.717, 1.165) is 0 Å². The normalized spacial score (nSPS) is 10.8. The van der Waals surface area contributed by atoms with E-state index in [-0.39, 0.29) is 5.43 Å². The molecule has 0 saturated heterocycles. The maximum absolute atomic E-state index is 12.2. The summed E-state index contributed by atoms with van der Waals surface area (Å²) in [5, 5.41) is 1.29. The Labute approximate surface area is 130 Å². The molecule has 0 radical (unpaired) electrons. The Bertz CT molecular complexity index is 884. The van der Waals surface area contributed by atoms with Gasteiger partial charge in [0.25, 0.3) is 0 Å². The van der Waals surface area contributed by atoms with Crippen molar-refractivity contribution in [2.24, 2.45) is 0 Å². The zero-order valence-electron chi connectivity index (χ0n) is 11.0. The molecule has 0 N–H and O–H groups in total. The zero-order valence-corrected chi connectivity index (χ0v) is 12.5. The SMILES string of the molecule is COc1ccc(-c2cc(=O)c3cccc(Cl)c3o2)cc1Cl.